The van der Waals surface area contributed by atoms with Crippen molar-refractivity contribution in [2.45, 2.75) is 12.8 Å². The van der Waals surface area contributed by atoms with Gasteiger partial charge in [-0.25, -0.2) is 0 Å². The maximum Gasteiger partial charge on any atom is 0.305 e. The summed E-state index contributed by atoms with van der Waals surface area (Å²) < 4.78 is 4.06. The molecule has 0 spiro atoms. The average molecular weight is 100 g/mol. The lowest BCUT2D eigenvalue weighted by atomic mass is 10.3. The highest BCUT2D eigenvalue weighted by molar-refractivity contribution is 5.69. The molecule has 0 atom stereocenters. The summed E-state index contributed by atoms with van der Waals surface area (Å²) in [6, 6.07) is 0. The van der Waals surface area contributed by atoms with Gasteiger partial charge < -0.3 is 4.74 Å². The van der Waals surface area contributed by atoms with Crippen LogP contribution < -0.4 is 0 Å². The van der Waals surface area contributed by atoms with E-state index in [4.69, 9.17) is 0 Å². The van der Waals surface area contributed by atoms with Gasteiger partial charge in [-0.15, -0.1) is 0 Å². The minimum atomic E-state index is -0.296. The molecule has 0 aromatic rings. The zero-order valence-corrected chi connectivity index (χ0v) is 4.14. The molecule has 0 aromatic carbocycles. The number of carbonyl (C=O) groups excluding carboxylic acids is 1. The normalized spacial score (nSPS) is 8.29. The molecule has 0 amide bonds. The van der Waals surface area contributed by atoms with Crippen molar-refractivity contribution in [2.75, 3.05) is 0 Å². The van der Waals surface area contributed by atoms with Crippen LogP contribution in [-0.4, -0.2) is 5.97 Å². The molecular weight excluding hydrogens is 92.1 g/mol. The number of carbonyl (C=O) groups is 1. The quantitative estimate of drug-likeness (QED) is 0.482. The van der Waals surface area contributed by atoms with E-state index in [-0.39, 0.29) is 5.97 Å². The van der Waals surface area contributed by atoms with Crippen LogP contribution in [0.25, 0.3) is 0 Å². The van der Waals surface area contributed by atoms with Gasteiger partial charge >= 0.3 is 5.97 Å². The number of hydrogen-bond acceptors (Lipinski definition) is 2. The zero-order valence-electron chi connectivity index (χ0n) is 4.14. The van der Waals surface area contributed by atoms with Gasteiger partial charge in [0.2, 0.25) is 0 Å². The molecule has 40 valence electrons. The Morgan fingerprint density at radius 1 is 1.71 bits per heavy atom. The molecule has 0 fully saturated rings. The standard InChI is InChI=1S/C5H8O2/c1-3-4-5(6)7-2/h1-4H2. The Kier molecular flexibility index (Phi) is 3.38. The Bertz CT molecular complexity index is 59.1. The summed E-state index contributed by atoms with van der Waals surface area (Å²) in [6.07, 6.45) is 0.942. The van der Waals surface area contributed by atoms with Gasteiger partial charge in [-0.2, -0.15) is 0 Å². The molecule has 0 heterocycles. The summed E-state index contributed by atoms with van der Waals surface area (Å²) in [5.74, 6) is -0.296. The van der Waals surface area contributed by atoms with E-state index in [1.54, 1.807) is 0 Å². The highest BCUT2D eigenvalue weighted by atomic mass is 16.5. The summed E-state index contributed by atoms with van der Waals surface area (Å²) >= 11 is 0. The van der Waals surface area contributed by atoms with Crippen molar-refractivity contribution in [2.24, 2.45) is 0 Å². The van der Waals surface area contributed by atoms with E-state index in [0.29, 0.717) is 12.8 Å². The summed E-state index contributed by atoms with van der Waals surface area (Å²) in [4.78, 5) is 10.1. The Labute approximate surface area is 43.5 Å². The number of ether oxygens (including phenoxy) is 1. The molecule has 0 aliphatic carbocycles. The molecule has 7 heavy (non-hydrogen) atoms. The van der Waals surface area contributed by atoms with Crippen LogP contribution in [0.4, 0.5) is 0 Å². The van der Waals surface area contributed by atoms with E-state index < -0.39 is 0 Å². The van der Waals surface area contributed by atoms with E-state index in [1.807, 2.05) is 0 Å². The van der Waals surface area contributed by atoms with Gasteiger partial charge in [-0.3, -0.25) is 4.79 Å². The Morgan fingerprint density at radius 3 is 2.43 bits per heavy atom. The Hall–Kier alpha value is -0.530. The van der Waals surface area contributed by atoms with Crippen molar-refractivity contribution in [3.8, 4) is 0 Å². The molecule has 0 saturated heterocycles. The minimum absolute atomic E-state index is 0.296. The van der Waals surface area contributed by atoms with Crippen LogP contribution in [0.5, 0.6) is 0 Å². The lowest BCUT2D eigenvalue weighted by Gasteiger charge is -1.90. The van der Waals surface area contributed by atoms with E-state index in [0.717, 1.165) is 0 Å². The van der Waals surface area contributed by atoms with Crippen molar-refractivity contribution in [3.05, 3.63) is 14.0 Å². The van der Waals surface area contributed by atoms with Gasteiger partial charge in [-0.1, -0.05) is 6.92 Å². The van der Waals surface area contributed by atoms with Gasteiger partial charge in [0.15, 0.2) is 0 Å². The molecule has 0 aromatic heterocycles. The Balaban J connectivity index is 3.00. The van der Waals surface area contributed by atoms with Crippen LogP contribution in [0, 0.1) is 14.0 Å². The maximum atomic E-state index is 10.1. The largest absolute Gasteiger partial charge is 0.462 e. The van der Waals surface area contributed by atoms with E-state index in [2.05, 4.69) is 18.8 Å². The van der Waals surface area contributed by atoms with Crippen molar-refractivity contribution < 1.29 is 9.53 Å². The molecule has 0 rings (SSSR count). The summed E-state index contributed by atoms with van der Waals surface area (Å²) in [7, 11) is 2.93. The van der Waals surface area contributed by atoms with Gasteiger partial charge in [-0.05, 0) is 6.42 Å². The highest BCUT2D eigenvalue weighted by Gasteiger charge is 1.92. The first-order valence-electron chi connectivity index (χ1n) is 2.05. The summed E-state index contributed by atoms with van der Waals surface area (Å²) in [5, 5.41) is 0. The molecule has 0 saturated carbocycles. The van der Waals surface area contributed by atoms with Crippen LogP contribution >= 0.6 is 0 Å². The highest BCUT2D eigenvalue weighted by Crippen LogP contribution is 1.87. The smallest absolute Gasteiger partial charge is 0.305 e. The summed E-state index contributed by atoms with van der Waals surface area (Å²) in [5.41, 5.74) is 0. The van der Waals surface area contributed by atoms with E-state index in [1.165, 1.54) is 0 Å². The van der Waals surface area contributed by atoms with Crippen molar-refractivity contribution in [3.63, 3.8) is 0 Å². The SMILES string of the molecule is [CH2]CCC(=O)O[CH2]. The number of esters is 1. The second-order valence-electron chi connectivity index (χ2n) is 1.12. The molecule has 0 aliphatic rings. The fourth-order valence-electron chi connectivity index (χ4n) is 0.217. The lowest BCUT2D eigenvalue weighted by Crippen LogP contribution is -1.95. The molecule has 0 bridgehead atoms. The topological polar surface area (TPSA) is 26.3 Å². The third-order valence-corrected chi connectivity index (χ3v) is 0.542. The first-order valence-corrected chi connectivity index (χ1v) is 2.05. The maximum absolute atomic E-state index is 10.1. The minimum Gasteiger partial charge on any atom is -0.462 e. The van der Waals surface area contributed by atoms with Crippen molar-refractivity contribution >= 4 is 5.97 Å². The molecule has 0 aliphatic heterocycles. The molecular formula is C5H8O2. The van der Waals surface area contributed by atoms with Gasteiger partial charge in [0.05, 0.1) is 0 Å². The fourth-order valence-corrected chi connectivity index (χ4v) is 0.217. The first kappa shape index (κ1) is 6.47. The number of hydrogen-bond donors (Lipinski definition) is 0. The second-order valence-corrected chi connectivity index (χ2v) is 1.12. The first-order chi connectivity index (χ1) is 3.31. The van der Waals surface area contributed by atoms with E-state index >= 15 is 0 Å². The molecule has 2 nitrogen and oxygen atoms in total. The molecule has 2 radical (unpaired) electrons. The fraction of sp³-hybridized carbons (Fsp3) is 0.400. The predicted octanol–water partition coefficient (Wildman–Crippen LogP) is 0.935. The predicted molar refractivity (Wildman–Crippen MR) is 26.0 cm³/mol. The van der Waals surface area contributed by atoms with Crippen LogP contribution in [0.3, 0.4) is 0 Å². The van der Waals surface area contributed by atoms with Crippen molar-refractivity contribution in [1.29, 1.82) is 0 Å². The Morgan fingerprint density at radius 2 is 2.29 bits per heavy atom. The molecule has 0 unspecified atom stereocenters. The molecule has 0 N–H and O–H groups in total. The van der Waals surface area contributed by atoms with Crippen LogP contribution in [-0.2, 0) is 9.53 Å². The number of rotatable bonds is 2. The molecule has 2 heteroatoms. The third-order valence-electron chi connectivity index (χ3n) is 0.542. The average Bonchev–Trinajstić information content (AvgIpc) is 1.68. The van der Waals surface area contributed by atoms with Crippen LogP contribution in [0.2, 0.25) is 0 Å². The summed E-state index contributed by atoms with van der Waals surface area (Å²) in [6.45, 7) is 3.44. The van der Waals surface area contributed by atoms with Gasteiger partial charge in [0, 0.05) is 6.42 Å². The van der Waals surface area contributed by atoms with Crippen LogP contribution in [0.15, 0.2) is 0 Å². The van der Waals surface area contributed by atoms with Gasteiger partial charge in [0.1, 0.15) is 7.11 Å². The second kappa shape index (κ2) is 3.65. The van der Waals surface area contributed by atoms with Crippen molar-refractivity contribution in [1.82, 2.24) is 0 Å². The van der Waals surface area contributed by atoms with E-state index in [9.17, 15) is 4.79 Å². The lowest BCUT2D eigenvalue weighted by molar-refractivity contribution is -0.138. The third kappa shape index (κ3) is 3.30. The monoisotopic (exact) mass is 100 g/mol. The zero-order chi connectivity index (χ0) is 5.70. The van der Waals surface area contributed by atoms with Gasteiger partial charge in [0.25, 0.3) is 0 Å². The van der Waals surface area contributed by atoms with Crippen LogP contribution in [0.1, 0.15) is 12.8 Å².